The normalized spacial score (nSPS) is 21.5. The zero-order chi connectivity index (χ0) is 9.10. The molecule has 1 aliphatic heterocycles. The van der Waals surface area contributed by atoms with Gasteiger partial charge in [0, 0.05) is 13.0 Å². The van der Waals surface area contributed by atoms with Gasteiger partial charge in [-0.15, -0.1) is 0 Å². The van der Waals surface area contributed by atoms with E-state index in [0.29, 0.717) is 5.89 Å². The monoisotopic (exact) mass is 180 g/mol. The first-order valence-electron chi connectivity index (χ1n) is 4.44. The van der Waals surface area contributed by atoms with Crippen molar-refractivity contribution in [3.63, 3.8) is 0 Å². The second kappa shape index (κ2) is 3.55. The molecule has 0 saturated heterocycles. The van der Waals surface area contributed by atoms with Crippen molar-refractivity contribution in [1.82, 2.24) is 15.5 Å². The van der Waals surface area contributed by atoms with Gasteiger partial charge in [-0.1, -0.05) is 12.1 Å². The third-order valence-electron chi connectivity index (χ3n) is 2.02. The van der Waals surface area contributed by atoms with Crippen molar-refractivity contribution in [2.24, 2.45) is 4.99 Å². The minimum absolute atomic E-state index is 0.234. The molecule has 0 amide bonds. The largest absolute Gasteiger partial charge is 0.376 e. The molecule has 0 aromatic carbocycles. The second-order valence-corrected chi connectivity index (χ2v) is 3.00. The Bertz CT molecular complexity index is 307. The Morgan fingerprint density at radius 2 is 2.62 bits per heavy atom. The van der Waals surface area contributed by atoms with E-state index in [1.54, 1.807) is 6.34 Å². The summed E-state index contributed by atoms with van der Waals surface area (Å²) >= 11 is 0. The first-order valence-corrected chi connectivity index (χ1v) is 4.44. The number of aryl methyl sites for hydroxylation is 1. The molecule has 70 valence electrons. The van der Waals surface area contributed by atoms with Crippen molar-refractivity contribution in [3.8, 4) is 0 Å². The van der Waals surface area contributed by atoms with Gasteiger partial charge in [0.2, 0.25) is 5.89 Å². The minimum atomic E-state index is 0.234. The van der Waals surface area contributed by atoms with Gasteiger partial charge in [0.25, 0.3) is 0 Å². The molecule has 0 bridgehead atoms. The molecule has 1 N–H and O–H groups in total. The van der Waals surface area contributed by atoms with Crippen LogP contribution in [-0.4, -0.2) is 29.6 Å². The zero-order valence-electron chi connectivity index (χ0n) is 7.53. The lowest BCUT2D eigenvalue weighted by Gasteiger charge is -2.13. The first kappa shape index (κ1) is 8.22. The highest BCUT2D eigenvalue weighted by molar-refractivity contribution is 5.55. The quantitative estimate of drug-likeness (QED) is 0.713. The van der Waals surface area contributed by atoms with E-state index < -0.39 is 0 Å². The molecule has 1 unspecified atom stereocenters. The number of aliphatic imine (C=N–C) groups is 1. The van der Waals surface area contributed by atoms with E-state index in [4.69, 9.17) is 4.52 Å². The molecule has 0 aliphatic carbocycles. The summed E-state index contributed by atoms with van der Waals surface area (Å²) in [5.41, 5.74) is 0. The second-order valence-electron chi connectivity index (χ2n) is 3.00. The predicted octanol–water partition coefficient (Wildman–Crippen LogP) is 0.347. The number of hydrogen-bond acceptors (Lipinski definition) is 5. The van der Waals surface area contributed by atoms with Crippen LogP contribution in [0.15, 0.2) is 9.52 Å². The number of nitrogens with one attached hydrogen (secondary N) is 1. The lowest BCUT2D eigenvalue weighted by molar-refractivity contribution is 0.348. The topological polar surface area (TPSA) is 63.3 Å². The van der Waals surface area contributed by atoms with Crippen molar-refractivity contribution in [1.29, 1.82) is 0 Å². The molecule has 1 aromatic heterocycles. The van der Waals surface area contributed by atoms with Gasteiger partial charge in [-0.05, 0) is 0 Å². The Hall–Kier alpha value is -1.39. The van der Waals surface area contributed by atoms with E-state index in [1.165, 1.54) is 0 Å². The molecule has 0 saturated carbocycles. The SMILES string of the molecule is CCc1noc(C2CN=CNC2)n1. The fourth-order valence-corrected chi connectivity index (χ4v) is 1.25. The number of hydrogen-bond donors (Lipinski definition) is 1. The van der Waals surface area contributed by atoms with E-state index in [9.17, 15) is 0 Å². The fraction of sp³-hybridized carbons (Fsp3) is 0.625. The summed E-state index contributed by atoms with van der Waals surface area (Å²) in [7, 11) is 0. The molecule has 0 fully saturated rings. The number of nitrogens with zero attached hydrogens (tertiary/aromatic N) is 3. The lowest BCUT2D eigenvalue weighted by atomic mass is 10.1. The average Bonchev–Trinajstić information content (AvgIpc) is 2.67. The number of rotatable bonds is 2. The standard InChI is InChI=1S/C8H12N4O/c1-2-7-11-8(13-12-7)6-3-9-5-10-4-6/h5-6H,2-4H2,1H3,(H,9,10). The van der Waals surface area contributed by atoms with Gasteiger partial charge in [0.1, 0.15) is 0 Å². The molecule has 5 nitrogen and oxygen atoms in total. The molecule has 0 spiro atoms. The molecular weight excluding hydrogens is 168 g/mol. The van der Waals surface area contributed by atoms with Crippen LogP contribution in [-0.2, 0) is 6.42 Å². The summed E-state index contributed by atoms with van der Waals surface area (Å²) in [4.78, 5) is 8.37. The fourth-order valence-electron chi connectivity index (χ4n) is 1.25. The van der Waals surface area contributed by atoms with Crippen molar-refractivity contribution in [2.75, 3.05) is 13.1 Å². The van der Waals surface area contributed by atoms with Crippen LogP contribution >= 0.6 is 0 Å². The van der Waals surface area contributed by atoms with Crippen LogP contribution in [0.2, 0.25) is 0 Å². The van der Waals surface area contributed by atoms with E-state index in [-0.39, 0.29) is 5.92 Å². The Labute approximate surface area is 76.2 Å². The van der Waals surface area contributed by atoms with Gasteiger partial charge in [-0.3, -0.25) is 4.99 Å². The summed E-state index contributed by atoms with van der Waals surface area (Å²) < 4.78 is 5.12. The van der Waals surface area contributed by atoms with E-state index in [1.807, 2.05) is 6.92 Å². The molecular formula is C8H12N4O. The lowest BCUT2D eigenvalue weighted by Crippen LogP contribution is -2.27. The highest BCUT2D eigenvalue weighted by atomic mass is 16.5. The Morgan fingerprint density at radius 3 is 3.23 bits per heavy atom. The maximum Gasteiger partial charge on any atom is 0.233 e. The van der Waals surface area contributed by atoms with Gasteiger partial charge < -0.3 is 9.84 Å². The maximum atomic E-state index is 5.12. The van der Waals surface area contributed by atoms with Crippen molar-refractivity contribution in [2.45, 2.75) is 19.3 Å². The van der Waals surface area contributed by atoms with Crippen LogP contribution in [0.25, 0.3) is 0 Å². The van der Waals surface area contributed by atoms with Crippen LogP contribution in [0.4, 0.5) is 0 Å². The third kappa shape index (κ3) is 1.68. The summed E-state index contributed by atoms with van der Waals surface area (Å²) in [6, 6.07) is 0. The molecule has 1 aromatic rings. The number of aromatic nitrogens is 2. The zero-order valence-corrected chi connectivity index (χ0v) is 7.53. The first-order chi connectivity index (χ1) is 6.40. The minimum Gasteiger partial charge on any atom is -0.376 e. The van der Waals surface area contributed by atoms with Gasteiger partial charge in [0.05, 0.1) is 18.8 Å². The highest BCUT2D eigenvalue weighted by Gasteiger charge is 2.19. The van der Waals surface area contributed by atoms with Gasteiger partial charge in [-0.25, -0.2) is 0 Å². The Morgan fingerprint density at radius 1 is 1.69 bits per heavy atom. The Balaban J connectivity index is 2.10. The van der Waals surface area contributed by atoms with Gasteiger partial charge in [-0.2, -0.15) is 4.98 Å². The van der Waals surface area contributed by atoms with Gasteiger partial charge in [0.15, 0.2) is 5.82 Å². The van der Waals surface area contributed by atoms with Crippen LogP contribution < -0.4 is 5.32 Å². The van der Waals surface area contributed by atoms with Crippen LogP contribution in [0.5, 0.6) is 0 Å². The summed E-state index contributed by atoms with van der Waals surface area (Å²) in [5.74, 6) is 1.70. The van der Waals surface area contributed by atoms with E-state index in [2.05, 4.69) is 20.4 Å². The highest BCUT2D eigenvalue weighted by Crippen LogP contribution is 2.14. The maximum absolute atomic E-state index is 5.12. The predicted molar refractivity (Wildman–Crippen MR) is 47.8 cm³/mol. The Kier molecular flexibility index (Phi) is 2.25. The molecule has 0 radical (unpaired) electrons. The summed E-state index contributed by atoms with van der Waals surface area (Å²) in [5, 5.41) is 6.89. The van der Waals surface area contributed by atoms with Crippen LogP contribution in [0.3, 0.4) is 0 Å². The molecule has 2 heterocycles. The summed E-state index contributed by atoms with van der Waals surface area (Å²) in [6.45, 7) is 3.57. The van der Waals surface area contributed by atoms with E-state index in [0.717, 1.165) is 25.3 Å². The molecule has 2 rings (SSSR count). The third-order valence-corrected chi connectivity index (χ3v) is 2.02. The van der Waals surface area contributed by atoms with Crippen LogP contribution in [0, 0.1) is 0 Å². The molecule has 13 heavy (non-hydrogen) atoms. The smallest absolute Gasteiger partial charge is 0.233 e. The van der Waals surface area contributed by atoms with Gasteiger partial charge >= 0.3 is 0 Å². The molecule has 1 aliphatic rings. The average molecular weight is 180 g/mol. The van der Waals surface area contributed by atoms with Crippen molar-refractivity contribution in [3.05, 3.63) is 11.7 Å². The van der Waals surface area contributed by atoms with Crippen LogP contribution in [0.1, 0.15) is 24.6 Å². The molecule has 5 heteroatoms. The van der Waals surface area contributed by atoms with Crippen molar-refractivity contribution >= 4 is 6.34 Å². The molecule has 1 atom stereocenters. The van der Waals surface area contributed by atoms with Crippen molar-refractivity contribution < 1.29 is 4.52 Å². The summed E-state index contributed by atoms with van der Waals surface area (Å²) in [6.07, 6.45) is 2.53. The van der Waals surface area contributed by atoms with E-state index >= 15 is 0 Å².